The van der Waals surface area contributed by atoms with E-state index in [1.807, 2.05) is 0 Å². The van der Waals surface area contributed by atoms with Crippen LogP contribution in [0.4, 0.5) is 18.3 Å². The van der Waals surface area contributed by atoms with Gasteiger partial charge in [0, 0.05) is 23.0 Å². The molecule has 0 bridgehead atoms. The number of halogens is 4. The predicted octanol–water partition coefficient (Wildman–Crippen LogP) is 6.01. The van der Waals surface area contributed by atoms with E-state index in [4.69, 9.17) is 16.3 Å². The number of thiazole rings is 1. The van der Waals surface area contributed by atoms with E-state index >= 15 is 0 Å². The fourth-order valence-corrected chi connectivity index (χ4v) is 5.65. The van der Waals surface area contributed by atoms with Crippen LogP contribution in [0.3, 0.4) is 0 Å². The molecule has 5 heterocycles. The van der Waals surface area contributed by atoms with Crippen LogP contribution in [0.5, 0.6) is 5.75 Å². The van der Waals surface area contributed by atoms with Crippen molar-refractivity contribution in [2.45, 2.75) is 40.0 Å². The molecule has 0 saturated carbocycles. The number of nitrogens with zero attached hydrogens (tertiary/aromatic N) is 5. The maximum Gasteiger partial charge on any atom is 0.418 e. The molecule has 41 heavy (non-hydrogen) atoms. The number of nitrogens with one attached hydrogen (secondary N) is 1. The number of anilines is 1. The molecular formula is C27H22ClF3N6O3S. The van der Waals surface area contributed by atoms with E-state index < -0.39 is 23.6 Å². The lowest BCUT2D eigenvalue weighted by molar-refractivity contribution is -0.138. The molecular weight excluding hydrogens is 581 g/mol. The van der Waals surface area contributed by atoms with Crippen LogP contribution in [-0.2, 0) is 19.3 Å². The summed E-state index contributed by atoms with van der Waals surface area (Å²) in [6, 6.07) is 4.29. The molecule has 0 unspecified atom stereocenters. The lowest BCUT2D eigenvalue weighted by Gasteiger charge is -2.18. The Morgan fingerprint density at radius 3 is 2.49 bits per heavy atom. The summed E-state index contributed by atoms with van der Waals surface area (Å²) < 4.78 is 45.1. The number of fused-ring (bicyclic) bond motifs is 1. The molecule has 0 aromatic carbocycles. The average molecular weight is 603 g/mol. The van der Waals surface area contributed by atoms with Crippen LogP contribution in [0.2, 0.25) is 5.15 Å². The fraction of sp³-hybridized carbons (Fsp3) is 0.259. The first kappa shape index (κ1) is 28.4. The van der Waals surface area contributed by atoms with Gasteiger partial charge in [0.25, 0.3) is 11.8 Å². The van der Waals surface area contributed by atoms with Crippen molar-refractivity contribution in [2.24, 2.45) is 0 Å². The molecule has 0 fully saturated rings. The van der Waals surface area contributed by atoms with Crippen molar-refractivity contribution in [3.05, 3.63) is 80.1 Å². The van der Waals surface area contributed by atoms with E-state index in [0.717, 1.165) is 10.9 Å². The molecule has 4 aromatic rings. The Hall–Kier alpha value is -4.10. The van der Waals surface area contributed by atoms with Crippen molar-refractivity contribution in [3.8, 4) is 16.9 Å². The first-order valence-electron chi connectivity index (χ1n) is 12.2. The lowest BCUT2D eigenvalue weighted by Crippen LogP contribution is -2.28. The van der Waals surface area contributed by atoms with Gasteiger partial charge >= 0.3 is 6.18 Å². The fourth-order valence-electron chi connectivity index (χ4n) is 4.51. The van der Waals surface area contributed by atoms with Gasteiger partial charge in [0.15, 0.2) is 5.13 Å². The van der Waals surface area contributed by atoms with Crippen LogP contribution in [0, 0.1) is 20.8 Å². The average Bonchev–Trinajstić information content (AvgIpc) is 3.47. The van der Waals surface area contributed by atoms with Gasteiger partial charge in [-0.15, -0.1) is 0 Å². The maximum absolute atomic E-state index is 13.3. The summed E-state index contributed by atoms with van der Waals surface area (Å²) in [6.07, 6.45) is -1.63. The summed E-state index contributed by atoms with van der Waals surface area (Å²) >= 11 is 7.32. The number of ether oxygens (including phenoxy) is 1. The topological polar surface area (TPSA) is 110 Å². The van der Waals surface area contributed by atoms with Gasteiger partial charge < -0.3 is 9.64 Å². The van der Waals surface area contributed by atoms with Gasteiger partial charge in [0.05, 0.1) is 53.8 Å². The Kier molecular flexibility index (Phi) is 7.43. The van der Waals surface area contributed by atoms with Crippen molar-refractivity contribution >= 4 is 39.9 Å². The van der Waals surface area contributed by atoms with Crippen molar-refractivity contribution in [1.29, 1.82) is 0 Å². The van der Waals surface area contributed by atoms with Gasteiger partial charge in [0.1, 0.15) is 16.6 Å². The Morgan fingerprint density at radius 2 is 1.80 bits per heavy atom. The molecule has 5 rings (SSSR count). The van der Waals surface area contributed by atoms with Gasteiger partial charge in [-0.05, 0) is 44.5 Å². The van der Waals surface area contributed by atoms with E-state index in [2.05, 4.69) is 25.3 Å². The molecule has 0 aliphatic carbocycles. The van der Waals surface area contributed by atoms with Gasteiger partial charge in [-0.3, -0.25) is 19.9 Å². The first-order chi connectivity index (χ1) is 19.3. The Balaban J connectivity index is 1.34. The molecule has 1 N–H and O–H groups in total. The predicted molar refractivity (Wildman–Crippen MR) is 146 cm³/mol. The SMILES string of the molecule is COc1cnc(Cl)cc1-c1cc(C)ncc1C(=O)Nc1nc2c(s1)CN(C(=O)c1nc(C)c(C(F)(F)F)cc1C)C2. The van der Waals surface area contributed by atoms with Crippen LogP contribution in [-0.4, -0.2) is 43.8 Å². The van der Waals surface area contributed by atoms with Gasteiger partial charge in [-0.1, -0.05) is 22.9 Å². The van der Waals surface area contributed by atoms with Crippen molar-refractivity contribution in [2.75, 3.05) is 12.4 Å². The number of hydrogen-bond donors (Lipinski definition) is 1. The van der Waals surface area contributed by atoms with E-state index in [0.29, 0.717) is 33.4 Å². The number of carbonyl (C=O) groups is 2. The number of aromatic nitrogens is 4. The number of amides is 2. The molecule has 0 saturated heterocycles. The second-order valence-corrected chi connectivity index (χ2v) is 10.8. The molecule has 0 spiro atoms. The summed E-state index contributed by atoms with van der Waals surface area (Å²) in [5, 5.41) is 3.36. The monoisotopic (exact) mass is 602 g/mol. The highest BCUT2D eigenvalue weighted by molar-refractivity contribution is 7.16. The molecule has 0 atom stereocenters. The Labute approximate surface area is 241 Å². The van der Waals surface area contributed by atoms with Gasteiger partial charge in [0.2, 0.25) is 0 Å². The minimum Gasteiger partial charge on any atom is -0.494 e. The zero-order chi connectivity index (χ0) is 29.6. The third-order valence-electron chi connectivity index (χ3n) is 6.50. The lowest BCUT2D eigenvalue weighted by atomic mass is 10.0. The number of carbonyl (C=O) groups excluding carboxylic acids is 2. The van der Waals surface area contributed by atoms with Gasteiger partial charge in [-0.25, -0.2) is 15.0 Å². The van der Waals surface area contributed by atoms with Crippen molar-refractivity contribution < 1.29 is 27.5 Å². The normalized spacial score (nSPS) is 12.8. The summed E-state index contributed by atoms with van der Waals surface area (Å²) in [5.74, 6) is -0.515. The van der Waals surface area contributed by atoms with Crippen molar-refractivity contribution in [3.63, 3.8) is 0 Å². The Bertz CT molecular complexity index is 1690. The number of alkyl halides is 3. The zero-order valence-corrected chi connectivity index (χ0v) is 23.8. The number of hydrogen-bond acceptors (Lipinski definition) is 8. The summed E-state index contributed by atoms with van der Waals surface area (Å²) in [7, 11) is 1.49. The maximum atomic E-state index is 13.3. The van der Waals surface area contributed by atoms with E-state index in [9.17, 15) is 22.8 Å². The van der Waals surface area contributed by atoms with Gasteiger partial charge in [-0.2, -0.15) is 13.2 Å². The van der Waals surface area contributed by atoms with E-state index in [1.165, 1.54) is 49.6 Å². The van der Waals surface area contributed by atoms with Crippen LogP contribution in [0.1, 0.15) is 53.9 Å². The quantitative estimate of drug-likeness (QED) is 0.279. The smallest absolute Gasteiger partial charge is 0.418 e. The molecule has 0 radical (unpaired) electrons. The van der Waals surface area contributed by atoms with Crippen LogP contribution < -0.4 is 10.1 Å². The highest BCUT2D eigenvalue weighted by Gasteiger charge is 2.35. The first-order valence-corrected chi connectivity index (χ1v) is 13.4. The third-order valence-corrected chi connectivity index (χ3v) is 7.71. The molecule has 212 valence electrons. The molecule has 9 nitrogen and oxygen atoms in total. The number of methoxy groups -OCH3 is 1. The van der Waals surface area contributed by atoms with E-state index in [1.54, 1.807) is 19.1 Å². The second kappa shape index (κ2) is 10.7. The molecule has 2 amide bonds. The Morgan fingerprint density at radius 1 is 1.05 bits per heavy atom. The summed E-state index contributed by atoms with van der Waals surface area (Å²) in [5.41, 5.74) is 1.62. The van der Waals surface area contributed by atoms with Crippen LogP contribution in [0.15, 0.2) is 30.6 Å². The molecule has 4 aromatic heterocycles. The van der Waals surface area contributed by atoms with Crippen molar-refractivity contribution in [1.82, 2.24) is 24.8 Å². The highest BCUT2D eigenvalue weighted by atomic mass is 35.5. The molecule has 1 aliphatic rings. The number of rotatable bonds is 5. The second-order valence-electron chi connectivity index (χ2n) is 9.37. The van der Waals surface area contributed by atoms with Crippen LogP contribution in [0.25, 0.3) is 11.1 Å². The third kappa shape index (κ3) is 5.59. The molecule has 1 aliphatic heterocycles. The minimum atomic E-state index is -4.56. The molecule has 14 heteroatoms. The summed E-state index contributed by atoms with van der Waals surface area (Å²) in [4.78, 5) is 45.4. The summed E-state index contributed by atoms with van der Waals surface area (Å²) in [6.45, 7) is 4.77. The van der Waals surface area contributed by atoms with E-state index in [-0.39, 0.29) is 40.8 Å². The highest BCUT2D eigenvalue weighted by Crippen LogP contribution is 2.36. The van der Waals surface area contributed by atoms with Crippen LogP contribution >= 0.6 is 22.9 Å². The largest absolute Gasteiger partial charge is 0.494 e. The number of pyridine rings is 3. The number of aryl methyl sites for hydroxylation is 3. The standard InChI is InChI=1S/C27H22ClF3N6O3S/c1-12-5-18(27(29,30)31)14(3)34-23(12)25(39)37-10-19-21(11-37)41-26(35-19)36-24(38)17-8-32-13(2)6-15(17)16-7-22(28)33-9-20(16)40-4/h5-9H,10-11H2,1-4H3,(H,35,36,38). The minimum absolute atomic E-state index is 0.0368. The zero-order valence-electron chi connectivity index (χ0n) is 22.2.